The molecule has 0 aliphatic carbocycles. The van der Waals surface area contributed by atoms with Crippen molar-refractivity contribution in [3.8, 4) is 0 Å². The van der Waals surface area contributed by atoms with Crippen LogP contribution in [0.2, 0.25) is 0 Å². The monoisotopic (exact) mass is 881 g/mol. The van der Waals surface area contributed by atoms with Crippen LogP contribution < -0.4 is 10.6 Å². The van der Waals surface area contributed by atoms with Crippen molar-refractivity contribution >= 4 is 23.8 Å². The molecule has 0 aromatic carbocycles. The predicted molar refractivity (Wildman–Crippen MR) is 231 cm³/mol. The van der Waals surface area contributed by atoms with Crippen molar-refractivity contribution in [1.29, 1.82) is 0 Å². The van der Waals surface area contributed by atoms with E-state index in [9.17, 15) is 19.2 Å². The standard InChI is InChI=1S/C44H84N2O15/c1-44(2,3)61-43(51)19-17-15-13-11-9-7-5-4-6-8-10-12-14-16-18-40(47)45-20-22-52-25-27-57-34-36-59-38-41(48)46-21-23-53-24-26-54-28-29-55-30-31-56-32-33-58-35-37-60-39-42(49)50/h4-39H2,1-3H3,(H,45,47)(H,46,48)(H,49,50). The van der Waals surface area contributed by atoms with Gasteiger partial charge in [-0.15, -0.1) is 0 Å². The molecular weight excluding hydrogens is 796 g/mol. The van der Waals surface area contributed by atoms with Crippen LogP contribution in [-0.4, -0.2) is 166 Å². The van der Waals surface area contributed by atoms with Gasteiger partial charge in [-0.05, 0) is 33.6 Å². The lowest BCUT2D eigenvalue weighted by molar-refractivity contribution is -0.155. The Balaban J connectivity index is 3.26. The molecule has 0 atom stereocenters. The zero-order valence-electron chi connectivity index (χ0n) is 38.1. The average Bonchev–Trinajstić information content (AvgIpc) is 3.21. The van der Waals surface area contributed by atoms with Gasteiger partial charge in [-0.1, -0.05) is 77.0 Å². The Bertz CT molecular complexity index is 1020. The molecule has 0 saturated heterocycles. The summed E-state index contributed by atoms with van der Waals surface area (Å²) in [4.78, 5) is 46.0. The summed E-state index contributed by atoms with van der Waals surface area (Å²) in [6, 6.07) is 0. The lowest BCUT2D eigenvalue weighted by Gasteiger charge is -2.19. The third kappa shape index (κ3) is 51.8. The van der Waals surface area contributed by atoms with Crippen LogP contribution in [0.15, 0.2) is 0 Å². The van der Waals surface area contributed by atoms with Crippen molar-refractivity contribution < 1.29 is 71.7 Å². The second-order valence-electron chi connectivity index (χ2n) is 15.5. The van der Waals surface area contributed by atoms with Crippen LogP contribution in [0, 0.1) is 0 Å². The first kappa shape index (κ1) is 58.5. The molecular formula is C44H84N2O15. The summed E-state index contributed by atoms with van der Waals surface area (Å²) >= 11 is 0. The minimum absolute atomic E-state index is 0.0583. The highest BCUT2D eigenvalue weighted by atomic mass is 16.6. The molecule has 0 saturated carbocycles. The van der Waals surface area contributed by atoms with Crippen molar-refractivity contribution in [2.45, 2.75) is 129 Å². The number of carboxylic acid groups (broad SMARTS) is 1. The fourth-order valence-electron chi connectivity index (χ4n) is 5.60. The third-order valence-electron chi connectivity index (χ3n) is 8.65. The summed E-state index contributed by atoms with van der Waals surface area (Å²) in [5.41, 5.74) is -0.388. The molecule has 0 fully saturated rings. The van der Waals surface area contributed by atoms with Crippen molar-refractivity contribution in [2.75, 3.05) is 132 Å². The SMILES string of the molecule is CC(C)(C)OC(=O)CCCCCCCCCCCCCCCCC(=O)NCCOCCOCCOCC(=O)NCCOCCOCCOCCOCCOCCOCC(=O)O. The molecule has 17 heteroatoms. The van der Waals surface area contributed by atoms with E-state index in [0.29, 0.717) is 125 Å². The molecule has 0 rings (SSSR count). The number of carboxylic acids is 1. The summed E-state index contributed by atoms with van der Waals surface area (Å²) in [6.07, 6.45) is 17.8. The zero-order chi connectivity index (χ0) is 44.8. The molecule has 0 aliphatic heterocycles. The fraction of sp³-hybridized carbons (Fsp3) is 0.909. The van der Waals surface area contributed by atoms with Gasteiger partial charge < -0.3 is 63.1 Å². The molecule has 0 heterocycles. The Morgan fingerprint density at radius 3 is 1.03 bits per heavy atom. The number of nitrogens with one attached hydrogen (secondary N) is 2. The number of amides is 2. The first-order chi connectivity index (χ1) is 29.6. The molecule has 0 aliphatic rings. The average molecular weight is 881 g/mol. The highest BCUT2D eigenvalue weighted by Gasteiger charge is 2.15. The van der Waals surface area contributed by atoms with Gasteiger partial charge in [-0.3, -0.25) is 14.4 Å². The van der Waals surface area contributed by atoms with Crippen LogP contribution in [0.1, 0.15) is 124 Å². The van der Waals surface area contributed by atoms with Gasteiger partial charge in [0, 0.05) is 25.9 Å². The van der Waals surface area contributed by atoms with Crippen LogP contribution in [0.3, 0.4) is 0 Å². The van der Waals surface area contributed by atoms with Crippen LogP contribution in [-0.2, 0) is 66.5 Å². The molecule has 360 valence electrons. The Hall–Kier alpha value is -2.48. The summed E-state index contributed by atoms with van der Waals surface area (Å²) in [5.74, 6) is -1.25. The predicted octanol–water partition coefficient (Wildman–Crippen LogP) is 5.04. The second kappa shape index (κ2) is 45.5. The number of ether oxygens (including phenoxy) is 10. The molecule has 2 amide bonds. The van der Waals surface area contributed by atoms with Crippen molar-refractivity contribution in [3.63, 3.8) is 0 Å². The van der Waals surface area contributed by atoms with E-state index in [1.54, 1.807) is 0 Å². The van der Waals surface area contributed by atoms with E-state index < -0.39 is 5.97 Å². The Morgan fingerprint density at radius 2 is 0.672 bits per heavy atom. The van der Waals surface area contributed by atoms with E-state index in [-0.39, 0.29) is 43.2 Å². The Morgan fingerprint density at radius 1 is 0.377 bits per heavy atom. The first-order valence-corrected chi connectivity index (χ1v) is 22.8. The van der Waals surface area contributed by atoms with Crippen LogP contribution in [0.5, 0.6) is 0 Å². The molecule has 0 aromatic rings. The summed E-state index contributed by atoms with van der Waals surface area (Å²) in [7, 11) is 0. The van der Waals surface area contributed by atoms with E-state index in [1.165, 1.54) is 64.2 Å². The number of rotatable bonds is 48. The van der Waals surface area contributed by atoms with Gasteiger partial charge in [-0.2, -0.15) is 0 Å². The fourth-order valence-corrected chi connectivity index (χ4v) is 5.60. The summed E-state index contributed by atoms with van der Waals surface area (Å²) in [6.45, 7) is 12.3. The van der Waals surface area contributed by atoms with Gasteiger partial charge >= 0.3 is 11.9 Å². The van der Waals surface area contributed by atoms with Gasteiger partial charge in [0.15, 0.2) is 0 Å². The number of aliphatic carboxylic acids is 1. The molecule has 17 nitrogen and oxygen atoms in total. The molecule has 3 N–H and O–H groups in total. The zero-order valence-corrected chi connectivity index (χ0v) is 38.1. The van der Waals surface area contributed by atoms with E-state index in [0.717, 1.165) is 25.7 Å². The smallest absolute Gasteiger partial charge is 0.329 e. The van der Waals surface area contributed by atoms with E-state index >= 15 is 0 Å². The van der Waals surface area contributed by atoms with Crippen LogP contribution >= 0.6 is 0 Å². The van der Waals surface area contributed by atoms with Crippen LogP contribution in [0.25, 0.3) is 0 Å². The quantitative estimate of drug-likeness (QED) is 0.0542. The molecule has 61 heavy (non-hydrogen) atoms. The van der Waals surface area contributed by atoms with E-state index in [4.69, 9.17) is 52.5 Å². The molecule has 0 aromatic heterocycles. The highest BCUT2D eigenvalue weighted by molar-refractivity contribution is 5.77. The largest absolute Gasteiger partial charge is 0.480 e. The van der Waals surface area contributed by atoms with Gasteiger partial charge in [0.2, 0.25) is 11.8 Å². The Labute approximate surface area is 366 Å². The molecule has 0 spiro atoms. The molecule has 0 radical (unpaired) electrons. The lowest BCUT2D eigenvalue weighted by Crippen LogP contribution is -2.31. The highest BCUT2D eigenvalue weighted by Crippen LogP contribution is 2.15. The van der Waals surface area contributed by atoms with Gasteiger partial charge in [0.05, 0.1) is 106 Å². The van der Waals surface area contributed by atoms with Crippen molar-refractivity contribution in [3.05, 3.63) is 0 Å². The maximum Gasteiger partial charge on any atom is 0.329 e. The third-order valence-corrected chi connectivity index (χ3v) is 8.65. The molecule has 0 unspecified atom stereocenters. The number of carbonyl (C=O) groups is 4. The topological polar surface area (TPSA) is 205 Å². The van der Waals surface area contributed by atoms with Crippen molar-refractivity contribution in [1.82, 2.24) is 10.6 Å². The van der Waals surface area contributed by atoms with Crippen molar-refractivity contribution in [2.24, 2.45) is 0 Å². The van der Waals surface area contributed by atoms with Gasteiger partial charge in [0.25, 0.3) is 0 Å². The minimum atomic E-state index is -1.01. The van der Waals surface area contributed by atoms with Gasteiger partial charge in [-0.25, -0.2) is 4.79 Å². The Kier molecular flexibility index (Phi) is 43.7. The summed E-state index contributed by atoms with van der Waals surface area (Å²) < 4.78 is 53.4. The minimum Gasteiger partial charge on any atom is -0.480 e. The first-order valence-electron chi connectivity index (χ1n) is 22.8. The lowest BCUT2D eigenvalue weighted by atomic mass is 10.0. The second-order valence-corrected chi connectivity index (χ2v) is 15.5. The number of hydrogen-bond donors (Lipinski definition) is 3. The maximum atomic E-state index is 12.1. The number of esters is 1. The maximum absolute atomic E-state index is 12.1. The summed E-state index contributed by atoms with van der Waals surface area (Å²) in [5, 5.41) is 14.1. The van der Waals surface area contributed by atoms with Gasteiger partial charge in [0.1, 0.15) is 18.8 Å². The van der Waals surface area contributed by atoms with E-state index in [2.05, 4.69) is 10.6 Å². The normalized spacial score (nSPS) is 11.5. The number of hydrogen-bond acceptors (Lipinski definition) is 14. The number of unbranched alkanes of at least 4 members (excludes halogenated alkanes) is 13. The molecule has 0 bridgehead atoms. The van der Waals surface area contributed by atoms with Crippen LogP contribution in [0.4, 0.5) is 0 Å². The van der Waals surface area contributed by atoms with E-state index in [1.807, 2.05) is 20.8 Å². The number of carbonyl (C=O) groups excluding carboxylic acids is 3.